The largest absolute Gasteiger partial charge is 0.378 e. The molecule has 15 atom stereocenters. The number of halogens is 1. The van der Waals surface area contributed by atoms with Crippen LogP contribution in [0.25, 0.3) is 45.5 Å². The molecular weight excluding hydrogens is 1920 g/mol. The number of ketones is 2. The molecule has 146 heavy (non-hydrogen) atoms. The topological polar surface area (TPSA) is 331 Å². The Hall–Kier alpha value is -10.3. The number of carbonyl (C=O) groups is 2. The van der Waals surface area contributed by atoms with E-state index in [1.807, 2.05) is 116 Å². The number of hydrogen-bond donors (Lipinski definition) is 1. The van der Waals surface area contributed by atoms with Crippen molar-refractivity contribution in [1.82, 2.24) is 97.1 Å². The maximum Gasteiger partial charge on any atom is 0.184 e. The standard InChI is InChI=1S/C28H36N6O3.C26H32N6O2.C19H25BrN4O2.C19H26N4O2.C18H25N3O3/c1-19-22-4-5-23-25(27(22,2)7-8-28(19)36-14-15-37-28)31-26(34(23)21-17-30-32(3)18-21)20-6-9-29-24(16-20)33-10-12-35-13-11-33;1-17-20-4-5-21-24(26(20,2)8-6-22(17)33)29-25(32(21)19-15-28-30(3)16-19)18-7-9-27-23(14-18)31-10-12-34-13-11-31;1-12-14-4-5-15-16(18(14,2)6-7-19(12)25-8-9-26-19)22-17(20)24(15)13-10-21-23(3)11-13;1-13-15-4-5-16-17(20-12-23(16)14-10-21-22(3)11-14)18(15,2)6-7-19(13)24-8-9-25-19;1-12-14-4-5-15(20-13-10-19-21(3)11-13)16(22)17(14,2)6-7-18(12)23-8-9-24-18/h6,9,16-19,22H,4-5,7-8,10-15H2,1-3H3;7,9,14-17,20H,4-6,8,10-13H2,1-3H3;10-12,14H,4-9H2,1-3H3;10-13,15H,4-9H2,1-3H3;5,10-12,14,20H,4,6-9H2,1-3H3/t19-,22-,27-;17-,20-,26-;12-,14-,18-;13-,15-,18-;12-,14-,17-/m11111/s1. The van der Waals surface area contributed by atoms with E-state index < -0.39 is 11.6 Å². The predicted octanol–water partition coefficient (Wildman–Crippen LogP) is 15.3. The normalized spacial score (nSPS) is 30.9. The zero-order valence-corrected chi connectivity index (χ0v) is 89.1. The van der Waals surface area contributed by atoms with Crippen LogP contribution < -0.4 is 15.1 Å². The summed E-state index contributed by atoms with van der Waals surface area (Å²) in [7, 11) is 9.68. The van der Waals surface area contributed by atoms with Crippen molar-refractivity contribution in [3.63, 3.8) is 0 Å². The molecule has 0 bridgehead atoms. The molecule has 11 aromatic rings. The van der Waals surface area contributed by atoms with Crippen LogP contribution in [0.4, 0.5) is 17.3 Å². The summed E-state index contributed by atoms with van der Waals surface area (Å²) >= 11 is 3.70. The Morgan fingerprint density at radius 3 is 1.18 bits per heavy atom. The van der Waals surface area contributed by atoms with Gasteiger partial charge in [-0.2, -0.15) is 25.5 Å². The van der Waals surface area contributed by atoms with Crippen LogP contribution in [0.1, 0.15) is 211 Å². The van der Waals surface area contributed by atoms with E-state index in [1.165, 1.54) is 39.9 Å². The SMILES string of the molecule is C[C@@H]1[C@H]2CC=C(Nc3cnn(C)c3)C(=O)[C@]2(C)CCC12OCCO2.C[C@@H]1[C@H]2CCc3c(nc(-c4ccnc(N5CCOCC5)c4)n3-c3cnn(C)c3)[C@]2(C)CCC12OCCO2.C[C@@H]1[C@H]2CCc3c(nc(Br)n3-c3cnn(C)c3)[C@]2(C)CCC12OCCO2.C[C@@H]1[C@H]2CCc3c(ncn3-c3cnn(C)c3)[C@]2(C)CCC12OCCO2.C[C@H]1C(=O)CC[C@@]2(C)c3nc(-c4ccnc(N5CCOCC5)c4)n(-c4cnn(C)c4)c3CC[C@H]12. The average molecular weight is 2060 g/mol. The molecule has 6 aliphatic heterocycles. The average Bonchev–Trinajstić information content (AvgIpc) is 1.44. The van der Waals surface area contributed by atoms with Crippen LogP contribution in [-0.2, 0) is 140 Å². The van der Waals surface area contributed by atoms with Gasteiger partial charge in [-0.1, -0.05) is 75.3 Å². The van der Waals surface area contributed by atoms with Gasteiger partial charge in [-0.15, -0.1) is 0 Å². The first kappa shape index (κ1) is 99.1. The van der Waals surface area contributed by atoms with Crippen molar-refractivity contribution in [3.05, 3.63) is 167 Å². The number of Topliss-reactive ketones (excluding diaryl/α,β-unsaturated/α-hetero) is 2. The molecule has 0 radical (unpaired) electrons. The van der Waals surface area contributed by atoms with Gasteiger partial charge in [0.2, 0.25) is 0 Å². The second kappa shape index (κ2) is 38.3. The maximum atomic E-state index is 13.2. The fourth-order valence-corrected chi connectivity index (χ4v) is 30.3. The molecule has 5 saturated carbocycles. The number of pyridine rings is 2. The number of rotatable bonds is 10. The monoisotopic (exact) mass is 2060 g/mol. The van der Waals surface area contributed by atoms with Crippen LogP contribution in [0.5, 0.6) is 0 Å². The molecule has 27 rings (SSSR count). The third kappa shape index (κ3) is 16.8. The van der Waals surface area contributed by atoms with E-state index in [0.29, 0.717) is 85.8 Å². The molecule has 35 nitrogen and oxygen atoms in total. The number of anilines is 3. The van der Waals surface area contributed by atoms with Gasteiger partial charge in [0.05, 0.1) is 174 Å². The smallest absolute Gasteiger partial charge is 0.184 e. The van der Waals surface area contributed by atoms with Gasteiger partial charge in [0.25, 0.3) is 0 Å². The number of fused-ring (bicyclic) bond motifs is 13. The molecular formula is C110H144BrN23O12. The lowest BCUT2D eigenvalue weighted by atomic mass is 9.55. The van der Waals surface area contributed by atoms with Gasteiger partial charge in [-0.25, -0.2) is 29.9 Å². The third-order valence-electron chi connectivity index (χ3n) is 37.9. The highest BCUT2D eigenvalue weighted by Gasteiger charge is 2.64. The minimum Gasteiger partial charge on any atom is -0.378 e. The van der Waals surface area contributed by atoms with E-state index in [4.69, 9.17) is 72.3 Å². The van der Waals surface area contributed by atoms with Crippen LogP contribution >= 0.6 is 15.9 Å². The van der Waals surface area contributed by atoms with Gasteiger partial charge in [0.15, 0.2) is 33.7 Å². The first-order valence-electron chi connectivity index (χ1n) is 53.6. The number of aromatic nitrogens is 20. The van der Waals surface area contributed by atoms with Crippen molar-refractivity contribution in [1.29, 1.82) is 0 Å². The Balaban J connectivity index is 0.000000102. The van der Waals surface area contributed by atoms with E-state index in [0.717, 1.165) is 268 Å². The Morgan fingerprint density at radius 2 is 0.753 bits per heavy atom. The van der Waals surface area contributed by atoms with Crippen molar-refractivity contribution >= 4 is 44.8 Å². The quantitative estimate of drug-likeness (QED) is 0.133. The predicted molar refractivity (Wildman–Crippen MR) is 550 cm³/mol. The van der Waals surface area contributed by atoms with Crippen LogP contribution in [0.15, 0.2) is 121 Å². The summed E-state index contributed by atoms with van der Waals surface area (Å²) in [4.78, 5) is 60.4. The van der Waals surface area contributed by atoms with Gasteiger partial charge < -0.3 is 62.5 Å². The highest BCUT2D eigenvalue weighted by Crippen LogP contribution is 2.63. The summed E-state index contributed by atoms with van der Waals surface area (Å²) in [5, 5.41) is 25.0. The molecule has 778 valence electrons. The van der Waals surface area contributed by atoms with Crippen LogP contribution in [0, 0.1) is 64.6 Å². The van der Waals surface area contributed by atoms with E-state index in [1.54, 1.807) is 10.9 Å². The molecule has 17 heterocycles. The summed E-state index contributed by atoms with van der Waals surface area (Å²) in [5.74, 6) is 6.31. The Bertz CT molecular complexity index is 6690. The van der Waals surface area contributed by atoms with Gasteiger partial charge in [-0.3, -0.25) is 51.3 Å². The summed E-state index contributed by atoms with van der Waals surface area (Å²) in [6.07, 6.45) is 45.6. The lowest BCUT2D eigenvalue weighted by Gasteiger charge is -2.53. The second-order valence-corrected chi connectivity index (χ2v) is 46.2. The number of aryl methyl sites for hydroxylation is 5. The first-order chi connectivity index (χ1) is 70.4. The maximum absolute atomic E-state index is 13.2. The number of carbonyl (C=O) groups excluding carboxylic acids is 2. The number of hydrogen-bond acceptors (Lipinski definition) is 26. The minimum absolute atomic E-state index is 0.0319. The summed E-state index contributed by atoms with van der Waals surface area (Å²) in [6.45, 7) is 34.8. The Morgan fingerprint density at radius 1 is 0.384 bits per heavy atom. The van der Waals surface area contributed by atoms with Crippen molar-refractivity contribution in [2.24, 2.45) is 99.8 Å². The van der Waals surface area contributed by atoms with Gasteiger partial charge in [0, 0.05) is 227 Å². The number of nitrogens with one attached hydrogen (secondary N) is 1. The molecule has 0 unspecified atom stereocenters. The number of allylic oxidation sites excluding steroid dienone is 2. The number of imidazole rings is 4. The molecule has 4 spiro atoms. The van der Waals surface area contributed by atoms with Gasteiger partial charge >= 0.3 is 0 Å². The first-order valence-corrected chi connectivity index (χ1v) is 54.4. The van der Waals surface area contributed by atoms with Crippen molar-refractivity contribution < 1.29 is 57.0 Å². The molecule has 11 aromatic heterocycles. The van der Waals surface area contributed by atoms with Crippen LogP contribution in [0.2, 0.25) is 0 Å². The number of morpholine rings is 2. The van der Waals surface area contributed by atoms with Crippen molar-refractivity contribution in [2.45, 2.75) is 236 Å². The summed E-state index contributed by atoms with van der Waals surface area (Å²) in [5.41, 5.74) is 17.7. The highest BCUT2D eigenvalue weighted by atomic mass is 79.9. The third-order valence-corrected chi connectivity index (χ3v) is 38.4. The zero-order valence-electron chi connectivity index (χ0n) is 87.5. The van der Waals surface area contributed by atoms with E-state index in [-0.39, 0.29) is 62.2 Å². The minimum atomic E-state index is -0.480. The molecule has 0 aromatic carbocycles. The summed E-state index contributed by atoms with van der Waals surface area (Å²) in [6, 6.07) is 8.48. The molecule has 36 heteroatoms. The molecule has 1 N–H and O–H groups in total. The lowest BCUT2D eigenvalue weighted by Crippen LogP contribution is -2.56. The van der Waals surface area contributed by atoms with Crippen LogP contribution in [-0.4, -0.2) is 237 Å². The Labute approximate surface area is 862 Å². The number of nitrogens with zero attached hydrogens (tertiary/aromatic N) is 22. The second-order valence-electron chi connectivity index (χ2n) is 45.5. The number of ether oxygens (including phenoxy) is 10. The molecule has 0 amide bonds. The zero-order chi connectivity index (χ0) is 101. The van der Waals surface area contributed by atoms with Crippen molar-refractivity contribution in [3.8, 4) is 45.5 Å². The van der Waals surface area contributed by atoms with Gasteiger partial charge in [0.1, 0.15) is 29.1 Å². The molecule has 16 aliphatic rings. The molecule has 10 aliphatic carbocycles. The lowest BCUT2D eigenvalue weighted by molar-refractivity contribution is -0.239. The fourth-order valence-electron chi connectivity index (χ4n) is 29.7. The van der Waals surface area contributed by atoms with E-state index in [9.17, 15) is 9.59 Å². The van der Waals surface area contributed by atoms with Gasteiger partial charge in [-0.05, 0) is 160 Å². The highest BCUT2D eigenvalue weighted by molar-refractivity contribution is 9.10. The Kier molecular flexibility index (Phi) is 26.0. The summed E-state index contributed by atoms with van der Waals surface area (Å²) < 4.78 is 79.0. The fraction of sp³-hybridized carbons (Fsp3) is 0.627. The van der Waals surface area contributed by atoms with E-state index in [2.05, 4.69) is 192 Å². The molecule has 6 saturated heterocycles. The van der Waals surface area contributed by atoms with E-state index >= 15 is 0 Å². The van der Waals surface area contributed by atoms with Crippen LogP contribution in [0.3, 0.4) is 0 Å². The molecule has 11 fully saturated rings. The van der Waals surface area contributed by atoms with Crippen molar-refractivity contribution in [2.75, 3.05) is 121 Å².